The summed E-state index contributed by atoms with van der Waals surface area (Å²) in [6, 6.07) is 8.52. The summed E-state index contributed by atoms with van der Waals surface area (Å²) in [6.07, 6.45) is 2.07. The number of fused-ring (bicyclic) bond motifs is 1. The van der Waals surface area contributed by atoms with Crippen LogP contribution >= 0.6 is 11.3 Å². The number of hydrogen-bond acceptors (Lipinski definition) is 6. The molecule has 0 N–H and O–H groups in total. The van der Waals surface area contributed by atoms with Crippen LogP contribution in [-0.4, -0.2) is 39.2 Å². The number of amides is 2. The SMILES string of the molecule is O=C1c2cccc([N+](=O)[O-])c2C(=O)N1CN(Cc1cccs1)C1CC1. The van der Waals surface area contributed by atoms with Gasteiger partial charge in [0.2, 0.25) is 0 Å². The smallest absolute Gasteiger partial charge is 0.277 e. The van der Waals surface area contributed by atoms with Gasteiger partial charge in [-0.1, -0.05) is 12.1 Å². The number of thiophene rings is 1. The van der Waals surface area contributed by atoms with Crippen LogP contribution in [0, 0.1) is 10.1 Å². The van der Waals surface area contributed by atoms with Crippen molar-refractivity contribution >= 4 is 28.8 Å². The molecule has 1 fully saturated rings. The molecule has 8 heteroatoms. The quantitative estimate of drug-likeness (QED) is 0.451. The third-order valence-corrected chi connectivity index (χ3v) is 5.36. The number of rotatable bonds is 6. The van der Waals surface area contributed by atoms with E-state index in [1.54, 1.807) is 11.3 Å². The molecule has 0 atom stereocenters. The minimum atomic E-state index is -0.613. The molecule has 0 spiro atoms. The maximum Gasteiger partial charge on any atom is 0.282 e. The van der Waals surface area contributed by atoms with Crippen LogP contribution in [0.4, 0.5) is 5.69 Å². The lowest BCUT2D eigenvalue weighted by Crippen LogP contribution is -2.41. The summed E-state index contributed by atoms with van der Waals surface area (Å²) in [7, 11) is 0. The topological polar surface area (TPSA) is 83.8 Å². The molecule has 2 amide bonds. The van der Waals surface area contributed by atoms with Gasteiger partial charge in [-0.25, -0.2) is 0 Å². The van der Waals surface area contributed by atoms with E-state index in [2.05, 4.69) is 4.90 Å². The minimum absolute atomic E-state index is 0.0932. The maximum absolute atomic E-state index is 12.7. The lowest BCUT2D eigenvalue weighted by atomic mass is 10.1. The highest BCUT2D eigenvalue weighted by Gasteiger charge is 2.43. The van der Waals surface area contributed by atoms with E-state index in [-0.39, 0.29) is 23.5 Å². The fourth-order valence-electron chi connectivity index (χ4n) is 3.11. The molecule has 7 nitrogen and oxygen atoms in total. The van der Waals surface area contributed by atoms with Gasteiger partial charge in [0.15, 0.2) is 0 Å². The molecule has 128 valence electrons. The van der Waals surface area contributed by atoms with Crippen LogP contribution in [0.2, 0.25) is 0 Å². The van der Waals surface area contributed by atoms with Crippen molar-refractivity contribution in [1.29, 1.82) is 0 Å². The van der Waals surface area contributed by atoms with Crippen molar-refractivity contribution in [3.05, 3.63) is 61.8 Å². The van der Waals surface area contributed by atoms with Gasteiger partial charge in [-0.15, -0.1) is 11.3 Å². The first kappa shape index (κ1) is 15.9. The normalized spacial score (nSPS) is 16.6. The average molecular weight is 357 g/mol. The summed E-state index contributed by atoms with van der Waals surface area (Å²) in [6.45, 7) is 0.823. The number of nitrogens with zero attached hydrogens (tertiary/aromatic N) is 3. The Hall–Kier alpha value is -2.58. The van der Waals surface area contributed by atoms with Crippen LogP contribution in [0.5, 0.6) is 0 Å². The van der Waals surface area contributed by atoms with E-state index in [1.807, 2.05) is 17.5 Å². The molecule has 1 saturated carbocycles. The summed E-state index contributed by atoms with van der Waals surface area (Å²) in [5.41, 5.74) is -0.287. The molecule has 2 aromatic rings. The lowest BCUT2D eigenvalue weighted by Gasteiger charge is -2.26. The largest absolute Gasteiger partial charge is 0.282 e. The van der Waals surface area contributed by atoms with E-state index < -0.39 is 16.7 Å². The van der Waals surface area contributed by atoms with Crippen LogP contribution in [0.15, 0.2) is 35.7 Å². The molecule has 0 radical (unpaired) electrons. The van der Waals surface area contributed by atoms with Gasteiger partial charge in [-0.3, -0.25) is 29.5 Å². The molecule has 1 aliphatic heterocycles. The van der Waals surface area contributed by atoms with Crippen molar-refractivity contribution in [2.45, 2.75) is 25.4 Å². The molecule has 1 aliphatic carbocycles. The van der Waals surface area contributed by atoms with Gasteiger partial charge in [0.25, 0.3) is 17.5 Å². The first-order valence-corrected chi connectivity index (χ1v) is 8.84. The summed E-state index contributed by atoms with van der Waals surface area (Å²) < 4.78 is 0. The van der Waals surface area contributed by atoms with Crippen molar-refractivity contribution in [1.82, 2.24) is 9.80 Å². The maximum atomic E-state index is 12.7. The number of imide groups is 1. The van der Waals surface area contributed by atoms with E-state index in [1.165, 1.54) is 18.2 Å². The van der Waals surface area contributed by atoms with Crippen molar-refractivity contribution in [3.8, 4) is 0 Å². The van der Waals surface area contributed by atoms with Crippen LogP contribution in [0.25, 0.3) is 0 Å². The van der Waals surface area contributed by atoms with Crippen LogP contribution in [0.1, 0.15) is 38.4 Å². The highest BCUT2D eigenvalue weighted by atomic mass is 32.1. The fraction of sp³-hybridized carbons (Fsp3) is 0.294. The predicted molar refractivity (Wildman–Crippen MR) is 91.3 cm³/mol. The van der Waals surface area contributed by atoms with Crippen molar-refractivity contribution in [3.63, 3.8) is 0 Å². The summed E-state index contributed by atoms with van der Waals surface area (Å²) in [5.74, 6) is -1.04. The third-order valence-electron chi connectivity index (χ3n) is 4.50. The Labute approximate surface area is 147 Å². The monoisotopic (exact) mass is 357 g/mol. The summed E-state index contributed by atoms with van der Waals surface area (Å²) in [5, 5.41) is 13.2. The zero-order valence-electron chi connectivity index (χ0n) is 13.3. The zero-order valence-corrected chi connectivity index (χ0v) is 14.1. The predicted octanol–water partition coefficient (Wildman–Crippen LogP) is 2.87. The Bertz CT molecular complexity index is 861. The van der Waals surface area contributed by atoms with Gasteiger partial charge >= 0.3 is 0 Å². The number of carbonyl (C=O) groups excluding carboxylic acids is 2. The molecule has 2 heterocycles. The Morgan fingerprint density at radius 2 is 2.00 bits per heavy atom. The fourth-order valence-corrected chi connectivity index (χ4v) is 3.84. The second kappa shape index (κ2) is 6.05. The molecule has 0 unspecified atom stereocenters. The molecule has 25 heavy (non-hydrogen) atoms. The number of nitro benzene ring substituents is 1. The highest BCUT2D eigenvalue weighted by Crippen LogP contribution is 2.34. The Morgan fingerprint density at radius 3 is 2.64 bits per heavy atom. The Balaban J connectivity index is 1.60. The van der Waals surface area contributed by atoms with Gasteiger partial charge in [0, 0.05) is 23.5 Å². The summed E-state index contributed by atoms with van der Waals surface area (Å²) >= 11 is 1.63. The van der Waals surface area contributed by atoms with E-state index in [4.69, 9.17) is 0 Å². The number of benzene rings is 1. The van der Waals surface area contributed by atoms with Crippen LogP contribution in [-0.2, 0) is 6.54 Å². The Morgan fingerprint density at radius 1 is 1.20 bits per heavy atom. The number of carbonyl (C=O) groups is 2. The average Bonchev–Trinajstić information content (AvgIpc) is 3.27. The van der Waals surface area contributed by atoms with E-state index in [0.717, 1.165) is 22.6 Å². The molecule has 0 bridgehead atoms. The van der Waals surface area contributed by atoms with E-state index >= 15 is 0 Å². The molecular weight excluding hydrogens is 342 g/mol. The first-order chi connectivity index (χ1) is 12.1. The zero-order chi connectivity index (χ0) is 17.6. The number of nitro groups is 1. The van der Waals surface area contributed by atoms with Gasteiger partial charge in [-0.05, 0) is 30.4 Å². The van der Waals surface area contributed by atoms with Crippen molar-refractivity contribution in [2.24, 2.45) is 0 Å². The van der Waals surface area contributed by atoms with Crippen LogP contribution in [0.3, 0.4) is 0 Å². The molecular formula is C17H15N3O4S. The summed E-state index contributed by atoms with van der Waals surface area (Å²) in [4.78, 5) is 40.3. The lowest BCUT2D eigenvalue weighted by molar-refractivity contribution is -0.385. The minimum Gasteiger partial charge on any atom is -0.277 e. The van der Waals surface area contributed by atoms with E-state index in [9.17, 15) is 19.7 Å². The van der Waals surface area contributed by atoms with Crippen LogP contribution < -0.4 is 0 Å². The Kier molecular flexibility index (Phi) is 3.85. The molecule has 1 aromatic heterocycles. The highest BCUT2D eigenvalue weighted by molar-refractivity contribution is 7.09. The van der Waals surface area contributed by atoms with Gasteiger partial charge in [-0.2, -0.15) is 0 Å². The molecule has 2 aliphatic rings. The second-order valence-corrected chi connectivity index (χ2v) is 7.23. The molecule has 1 aromatic carbocycles. The van der Waals surface area contributed by atoms with Gasteiger partial charge in [0.1, 0.15) is 5.56 Å². The van der Waals surface area contributed by atoms with E-state index in [0.29, 0.717) is 12.6 Å². The second-order valence-electron chi connectivity index (χ2n) is 6.19. The molecule has 0 saturated heterocycles. The third kappa shape index (κ3) is 2.83. The number of hydrogen-bond donors (Lipinski definition) is 0. The molecule has 4 rings (SSSR count). The van der Waals surface area contributed by atoms with Crippen molar-refractivity contribution in [2.75, 3.05) is 6.67 Å². The van der Waals surface area contributed by atoms with Gasteiger partial charge in [0.05, 0.1) is 17.2 Å². The van der Waals surface area contributed by atoms with Gasteiger partial charge < -0.3 is 0 Å². The standard InChI is InChI=1S/C17H15N3O4S/c21-16-13-4-1-5-14(20(23)24)15(13)17(22)19(16)10-18(11-6-7-11)9-12-3-2-8-25-12/h1-5,8,11H,6-7,9-10H2. The van der Waals surface area contributed by atoms with Crippen molar-refractivity contribution < 1.29 is 14.5 Å². The first-order valence-electron chi connectivity index (χ1n) is 7.96.